The van der Waals surface area contributed by atoms with Gasteiger partial charge < -0.3 is 21.3 Å². The van der Waals surface area contributed by atoms with Crippen molar-refractivity contribution in [2.45, 2.75) is 38.1 Å². The van der Waals surface area contributed by atoms with E-state index in [0.717, 1.165) is 54.8 Å². The normalized spacial score (nSPS) is 17.9. The molecule has 30 heavy (non-hydrogen) atoms. The van der Waals surface area contributed by atoms with Crippen molar-refractivity contribution in [1.82, 2.24) is 15.3 Å². The number of anilines is 2. The molecule has 1 atom stereocenters. The number of rotatable bonds is 9. The molecule has 0 aromatic carbocycles. The summed E-state index contributed by atoms with van der Waals surface area (Å²) in [5.41, 5.74) is 8.85. The number of halogens is 1. The maximum absolute atomic E-state index is 5.96. The third kappa shape index (κ3) is 4.77. The molecule has 2 aromatic rings. The fourth-order valence-corrected chi connectivity index (χ4v) is 3.94. The number of aromatic nitrogens is 2. The molecular formula is C23H29ClN6. The van der Waals surface area contributed by atoms with E-state index in [1.165, 1.54) is 18.4 Å². The first-order chi connectivity index (χ1) is 14.5. The molecule has 0 amide bonds. The molecule has 6 nitrogen and oxygen atoms in total. The average Bonchev–Trinajstić information content (AvgIpc) is 3.57. The van der Waals surface area contributed by atoms with Crippen LogP contribution in [0.5, 0.6) is 0 Å². The van der Waals surface area contributed by atoms with E-state index in [-0.39, 0.29) is 6.04 Å². The molecule has 1 aliphatic carbocycles. The Morgan fingerprint density at radius 3 is 2.73 bits per heavy atom. The lowest BCUT2D eigenvalue weighted by molar-refractivity contribution is 0.524. The zero-order valence-corrected chi connectivity index (χ0v) is 18.0. The SMILES string of the molecule is C=C(NCC1CC1)c1ccc2c(n1)N(C(=C)Nc1ccc(Cl)cn1)[C@@H](CCN)CC2. The molecule has 2 aromatic heterocycles. The van der Waals surface area contributed by atoms with Crippen molar-refractivity contribution in [2.24, 2.45) is 11.7 Å². The third-order valence-corrected chi connectivity index (χ3v) is 5.92. The molecule has 1 fully saturated rings. The van der Waals surface area contributed by atoms with Crippen molar-refractivity contribution in [3.63, 3.8) is 0 Å². The Bertz CT molecular complexity index is 922. The highest BCUT2D eigenvalue weighted by molar-refractivity contribution is 6.30. The largest absolute Gasteiger partial charge is 0.384 e. The fourth-order valence-electron chi connectivity index (χ4n) is 3.83. The standard InChI is InChI=1S/C23H29ClN6/c1-15(26-13-17-3-4-17)21-9-6-18-5-8-20(11-12-25)30(23(18)29-21)16(2)28-22-10-7-19(24)14-27-22/h6-7,9-10,14,17,20,26H,1-5,8,11-13,25H2,(H,27,28)/t20-/m1/s1. The van der Waals surface area contributed by atoms with E-state index in [2.05, 4.69) is 45.8 Å². The lowest BCUT2D eigenvalue weighted by atomic mass is 9.96. The van der Waals surface area contributed by atoms with Crippen LogP contribution in [0, 0.1) is 5.92 Å². The number of nitrogens with two attached hydrogens (primary N) is 1. The first kappa shape index (κ1) is 20.7. The second-order valence-corrected chi connectivity index (χ2v) is 8.49. The van der Waals surface area contributed by atoms with Gasteiger partial charge in [0.1, 0.15) is 17.5 Å². The molecule has 0 unspecified atom stereocenters. The summed E-state index contributed by atoms with van der Waals surface area (Å²) in [5, 5.41) is 7.34. The number of pyridine rings is 2. The Kier molecular flexibility index (Phi) is 6.25. The highest BCUT2D eigenvalue weighted by atomic mass is 35.5. The van der Waals surface area contributed by atoms with E-state index < -0.39 is 0 Å². The number of nitrogens with zero attached hydrogens (tertiary/aromatic N) is 3. The van der Waals surface area contributed by atoms with Crippen molar-refractivity contribution >= 4 is 28.9 Å². The summed E-state index contributed by atoms with van der Waals surface area (Å²) in [6, 6.07) is 8.08. The topological polar surface area (TPSA) is 79.1 Å². The second kappa shape index (κ2) is 9.06. The van der Waals surface area contributed by atoms with Crippen molar-refractivity contribution < 1.29 is 0 Å². The summed E-state index contributed by atoms with van der Waals surface area (Å²) < 4.78 is 0. The van der Waals surface area contributed by atoms with Gasteiger partial charge in [0.05, 0.1) is 16.4 Å². The van der Waals surface area contributed by atoms with E-state index >= 15 is 0 Å². The predicted molar refractivity (Wildman–Crippen MR) is 124 cm³/mol. The first-order valence-electron chi connectivity index (χ1n) is 10.5. The number of hydrogen-bond acceptors (Lipinski definition) is 6. The molecule has 7 heteroatoms. The monoisotopic (exact) mass is 424 g/mol. The minimum absolute atomic E-state index is 0.227. The zero-order chi connectivity index (χ0) is 21.1. The van der Waals surface area contributed by atoms with Crippen LogP contribution in [-0.4, -0.2) is 29.1 Å². The van der Waals surface area contributed by atoms with Crippen LogP contribution in [0.15, 0.2) is 49.4 Å². The molecule has 2 aliphatic rings. The number of aryl methyl sites for hydroxylation is 1. The van der Waals surface area contributed by atoms with Crippen molar-refractivity contribution in [2.75, 3.05) is 23.3 Å². The molecular weight excluding hydrogens is 396 g/mol. The smallest absolute Gasteiger partial charge is 0.138 e. The minimum atomic E-state index is 0.227. The van der Waals surface area contributed by atoms with Crippen LogP contribution >= 0.6 is 11.6 Å². The molecule has 158 valence electrons. The van der Waals surface area contributed by atoms with Crippen molar-refractivity contribution in [3.05, 3.63) is 65.7 Å². The Labute approximate surface area is 183 Å². The van der Waals surface area contributed by atoms with Gasteiger partial charge in [-0.2, -0.15) is 0 Å². The van der Waals surface area contributed by atoms with Crippen LogP contribution in [0.4, 0.5) is 11.6 Å². The Morgan fingerprint density at radius 2 is 2.03 bits per heavy atom. The van der Waals surface area contributed by atoms with E-state index in [1.807, 2.05) is 6.07 Å². The predicted octanol–water partition coefficient (Wildman–Crippen LogP) is 4.15. The fraction of sp³-hybridized carbons (Fsp3) is 0.391. The van der Waals surface area contributed by atoms with Gasteiger partial charge >= 0.3 is 0 Å². The van der Waals surface area contributed by atoms with Gasteiger partial charge in [-0.3, -0.25) is 0 Å². The number of fused-ring (bicyclic) bond motifs is 1. The van der Waals surface area contributed by atoms with Gasteiger partial charge in [-0.15, -0.1) is 0 Å². The molecule has 0 radical (unpaired) electrons. The van der Waals surface area contributed by atoms with Gasteiger partial charge in [-0.25, -0.2) is 9.97 Å². The lowest BCUT2D eigenvalue weighted by Crippen LogP contribution is -2.42. The summed E-state index contributed by atoms with van der Waals surface area (Å²) in [6.45, 7) is 10.1. The number of nitrogens with one attached hydrogen (secondary N) is 2. The van der Waals surface area contributed by atoms with E-state index in [0.29, 0.717) is 17.4 Å². The van der Waals surface area contributed by atoms with Gasteiger partial charge in [0, 0.05) is 18.8 Å². The summed E-state index contributed by atoms with van der Waals surface area (Å²) in [7, 11) is 0. The molecule has 0 saturated heterocycles. The first-order valence-corrected chi connectivity index (χ1v) is 10.9. The Morgan fingerprint density at radius 1 is 1.20 bits per heavy atom. The summed E-state index contributed by atoms with van der Waals surface area (Å²) in [4.78, 5) is 11.5. The Hall–Kier alpha value is -2.57. The van der Waals surface area contributed by atoms with Gasteiger partial charge in [0.15, 0.2) is 0 Å². The van der Waals surface area contributed by atoms with Crippen LogP contribution in [0.1, 0.15) is 36.9 Å². The van der Waals surface area contributed by atoms with Crippen LogP contribution in [0.3, 0.4) is 0 Å². The van der Waals surface area contributed by atoms with Crippen LogP contribution < -0.4 is 21.3 Å². The Balaban J connectivity index is 1.59. The van der Waals surface area contributed by atoms with Gasteiger partial charge in [0.25, 0.3) is 0 Å². The van der Waals surface area contributed by atoms with E-state index in [1.54, 1.807) is 12.3 Å². The quantitative estimate of drug-likeness (QED) is 0.561. The molecule has 3 heterocycles. The van der Waals surface area contributed by atoms with E-state index in [4.69, 9.17) is 22.3 Å². The summed E-state index contributed by atoms with van der Waals surface area (Å²) >= 11 is 5.96. The van der Waals surface area contributed by atoms with Crippen LogP contribution in [0.2, 0.25) is 5.02 Å². The highest BCUT2D eigenvalue weighted by Gasteiger charge is 2.30. The van der Waals surface area contributed by atoms with Crippen LogP contribution in [-0.2, 0) is 6.42 Å². The van der Waals surface area contributed by atoms with E-state index in [9.17, 15) is 0 Å². The molecule has 4 rings (SSSR count). The molecule has 1 saturated carbocycles. The van der Waals surface area contributed by atoms with Gasteiger partial charge in [-0.05, 0) is 68.3 Å². The molecule has 0 spiro atoms. The molecule has 1 aliphatic heterocycles. The summed E-state index contributed by atoms with van der Waals surface area (Å²) in [6.07, 6.45) is 7.05. The lowest BCUT2D eigenvalue weighted by Gasteiger charge is -2.39. The minimum Gasteiger partial charge on any atom is -0.384 e. The second-order valence-electron chi connectivity index (χ2n) is 8.06. The van der Waals surface area contributed by atoms with Crippen molar-refractivity contribution in [1.29, 1.82) is 0 Å². The molecule has 0 bridgehead atoms. The summed E-state index contributed by atoms with van der Waals surface area (Å²) in [5.74, 6) is 3.11. The zero-order valence-electron chi connectivity index (χ0n) is 17.2. The van der Waals surface area contributed by atoms with Gasteiger partial charge in [0.2, 0.25) is 0 Å². The molecule has 4 N–H and O–H groups in total. The average molecular weight is 425 g/mol. The number of hydrogen-bond donors (Lipinski definition) is 3. The maximum atomic E-state index is 5.96. The highest BCUT2D eigenvalue weighted by Crippen LogP contribution is 2.34. The van der Waals surface area contributed by atoms with Crippen LogP contribution in [0.25, 0.3) is 5.70 Å². The van der Waals surface area contributed by atoms with Gasteiger partial charge in [-0.1, -0.05) is 30.8 Å². The maximum Gasteiger partial charge on any atom is 0.138 e. The third-order valence-electron chi connectivity index (χ3n) is 5.70. The van der Waals surface area contributed by atoms with Crippen molar-refractivity contribution in [3.8, 4) is 0 Å².